The molecule has 0 aliphatic heterocycles. The van der Waals surface area contributed by atoms with Gasteiger partial charge in [0.1, 0.15) is 0 Å². The molecule has 0 saturated carbocycles. The number of hydrogen-bond acceptors (Lipinski definition) is 3. The summed E-state index contributed by atoms with van der Waals surface area (Å²) in [7, 11) is 0. The Morgan fingerprint density at radius 1 is 1.11 bits per heavy atom. The molecule has 1 aromatic carbocycles. The lowest BCUT2D eigenvalue weighted by atomic mass is 10.1. The number of amides is 1. The average Bonchev–Trinajstić information content (AvgIpc) is 2.37. The molecule has 0 unspecified atom stereocenters. The molecule has 2 N–H and O–H groups in total. The van der Waals surface area contributed by atoms with Gasteiger partial charge < -0.3 is 10.6 Å². The van der Waals surface area contributed by atoms with E-state index in [-0.39, 0.29) is 11.7 Å². The minimum atomic E-state index is 0.0560. The number of nitrogens with one attached hydrogen (secondary N) is 2. The van der Waals surface area contributed by atoms with Gasteiger partial charge in [0.15, 0.2) is 5.78 Å². The fourth-order valence-corrected chi connectivity index (χ4v) is 1.50. The highest BCUT2D eigenvalue weighted by Gasteiger charge is 2.01. The molecule has 1 aromatic rings. The molecule has 0 heterocycles. The molecule has 18 heavy (non-hydrogen) atoms. The first-order valence-electron chi connectivity index (χ1n) is 6.25. The molecule has 0 aliphatic carbocycles. The molecule has 98 valence electrons. The van der Waals surface area contributed by atoms with Crippen LogP contribution in [0.5, 0.6) is 0 Å². The Morgan fingerprint density at radius 3 is 2.33 bits per heavy atom. The highest BCUT2D eigenvalue weighted by atomic mass is 16.1. The van der Waals surface area contributed by atoms with Crippen molar-refractivity contribution in [2.75, 3.05) is 18.4 Å². The molecule has 1 amide bonds. The summed E-state index contributed by atoms with van der Waals surface area (Å²) in [5.41, 5.74) is 1.62. The third-order valence-electron chi connectivity index (χ3n) is 2.54. The first kappa shape index (κ1) is 14.2. The highest BCUT2D eigenvalue weighted by molar-refractivity contribution is 5.94. The van der Waals surface area contributed by atoms with Crippen molar-refractivity contribution >= 4 is 17.4 Å². The first-order chi connectivity index (χ1) is 8.63. The lowest BCUT2D eigenvalue weighted by molar-refractivity contribution is -0.120. The maximum atomic E-state index is 11.3. The van der Waals surface area contributed by atoms with E-state index in [2.05, 4.69) is 10.6 Å². The van der Waals surface area contributed by atoms with Crippen LogP contribution in [0.1, 0.15) is 37.0 Å². The van der Waals surface area contributed by atoms with Crippen LogP contribution in [0, 0.1) is 0 Å². The third-order valence-corrected chi connectivity index (χ3v) is 2.54. The summed E-state index contributed by atoms with van der Waals surface area (Å²) in [5, 5.41) is 5.97. The zero-order chi connectivity index (χ0) is 13.4. The van der Waals surface area contributed by atoms with E-state index in [1.165, 1.54) is 0 Å². The number of Topliss-reactive ketones (excluding diaryl/α,β-unsaturated/α-hetero) is 1. The smallest absolute Gasteiger partial charge is 0.221 e. The van der Waals surface area contributed by atoms with E-state index in [0.29, 0.717) is 18.5 Å². The summed E-state index contributed by atoms with van der Waals surface area (Å²) in [5.74, 6) is 0.116. The van der Waals surface area contributed by atoms with E-state index in [4.69, 9.17) is 0 Å². The molecule has 0 bridgehead atoms. The molecule has 0 radical (unpaired) electrons. The minimum absolute atomic E-state index is 0.0560. The summed E-state index contributed by atoms with van der Waals surface area (Å²) in [6.07, 6.45) is 1.40. The van der Waals surface area contributed by atoms with Crippen molar-refractivity contribution < 1.29 is 9.59 Å². The molecule has 4 heteroatoms. The second-order valence-corrected chi connectivity index (χ2v) is 4.16. The van der Waals surface area contributed by atoms with Crippen LogP contribution in [-0.2, 0) is 4.79 Å². The van der Waals surface area contributed by atoms with Crippen LogP contribution < -0.4 is 10.6 Å². The average molecular weight is 248 g/mol. The van der Waals surface area contributed by atoms with Gasteiger partial charge in [0.05, 0.1) is 0 Å². The van der Waals surface area contributed by atoms with E-state index in [0.717, 1.165) is 18.7 Å². The van der Waals surface area contributed by atoms with Gasteiger partial charge in [-0.1, -0.05) is 6.92 Å². The summed E-state index contributed by atoms with van der Waals surface area (Å²) in [4.78, 5) is 22.4. The van der Waals surface area contributed by atoms with Crippen molar-refractivity contribution in [3.63, 3.8) is 0 Å². The molecule has 4 nitrogen and oxygen atoms in total. The Bertz CT molecular complexity index is 399. The van der Waals surface area contributed by atoms with Crippen molar-refractivity contribution in [1.29, 1.82) is 0 Å². The maximum Gasteiger partial charge on any atom is 0.221 e. The van der Waals surface area contributed by atoms with Crippen LogP contribution in [0.4, 0.5) is 5.69 Å². The van der Waals surface area contributed by atoms with Crippen LogP contribution in [-0.4, -0.2) is 24.8 Å². The molecule has 0 fully saturated rings. The van der Waals surface area contributed by atoms with Crippen molar-refractivity contribution in [3.8, 4) is 0 Å². The number of rotatable bonds is 7. The summed E-state index contributed by atoms with van der Waals surface area (Å²) >= 11 is 0. The predicted octanol–water partition coefficient (Wildman–Crippen LogP) is 2.22. The lowest BCUT2D eigenvalue weighted by Crippen LogP contribution is -2.25. The van der Waals surface area contributed by atoms with Crippen LogP contribution in [0.15, 0.2) is 24.3 Å². The number of carbonyl (C=O) groups is 2. The normalized spacial score (nSPS) is 9.89. The molecule has 0 atom stereocenters. The fraction of sp³-hybridized carbons (Fsp3) is 0.429. The standard InChI is InChI=1S/C14H20N2O2/c1-3-9-16-14(18)8-10-15-13-6-4-12(5-7-13)11(2)17/h4-7,15H,3,8-10H2,1-2H3,(H,16,18). The first-order valence-corrected chi connectivity index (χ1v) is 6.25. The fourth-order valence-electron chi connectivity index (χ4n) is 1.50. The molecule has 0 saturated heterocycles. The monoisotopic (exact) mass is 248 g/mol. The molecule has 0 spiro atoms. The van der Waals surface area contributed by atoms with Gasteiger partial charge in [-0.15, -0.1) is 0 Å². The largest absolute Gasteiger partial charge is 0.385 e. The van der Waals surface area contributed by atoms with Gasteiger partial charge in [-0.05, 0) is 37.6 Å². The van der Waals surface area contributed by atoms with Gasteiger partial charge in [-0.2, -0.15) is 0 Å². The summed E-state index contributed by atoms with van der Waals surface area (Å²) in [6, 6.07) is 7.25. The Balaban J connectivity index is 2.31. The zero-order valence-corrected chi connectivity index (χ0v) is 11.0. The number of anilines is 1. The molecular weight excluding hydrogens is 228 g/mol. The molecular formula is C14H20N2O2. The highest BCUT2D eigenvalue weighted by Crippen LogP contribution is 2.09. The number of ketones is 1. The Morgan fingerprint density at radius 2 is 1.78 bits per heavy atom. The van der Waals surface area contributed by atoms with Crippen molar-refractivity contribution in [1.82, 2.24) is 5.32 Å². The van der Waals surface area contributed by atoms with Gasteiger partial charge in [0, 0.05) is 30.8 Å². The maximum absolute atomic E-state index is 11.3. The SMILES string of the molecule is CCCNC(=O)CCNc1ccc(C(C)=O)cc1. The third kappa shape index (κ3) is 4.99. The quantitative estimate of drug-likeness (QED) is 0.727. The Kier molecular flexibility index (Phi) is 5.91. The van der Waals surface area contributed by atoms with Gasteiger partial charge in [0.25, 0.3) is 0 Å². The second-order valence-electron chi connectivity index (χ2n) is 4.16. The van der Waals surface area contributed by atoms with Gasteiger partial charge in [0.2, 0.25) is 5.91 Å². The van der Waals surface area contributed by atoms with Crippen LogP contribution in [0.25, 0.3) is 0 Å². The van der Waals surface area contributed by atoms with E-state index < -0.39 is 0 Å². The van der Waals surface area contributed by atoms with E-state index in [1.54, 1.807) is 19.1 Å². The lowest BCUT2D eigenvalue weighted by Gasteiger charge is -2.07. The molecule has 1 rings (SSSR count). The number of benzene rings is 1. The van der Waals surface area contributed by atoms with Crippen molar-refractivity contribution in [2.24, 2.45) is 0 Å². The van der Waals surface area contributed by atoms with Crippen molar-refractivity contribution in [2.45, 2.75) is 26.7 Å². The zero-order valence-electron chi connectivity index (χ0n) is 11.0. The predicted molar refractivity (Wildman–Crippen MR) is 72.9 cm³/mol. The number of hydrogen-bond donors (Lipinski definition) is 2. The van der Waals surface area contributed by atoms with Crippen molar-refractivity contribution in [3.05, 3.63) is 29.8 Å². The van der Waals surface area contributed by atoms with Crippen LogP contribution in [0.2, 0.25) is 0 Å². The van der Waals surface area contributed by atoms with E-state index in [1.807, 2.05) is 19.1 Å². The van der Waals surface area contributed by atoms with Gasteiger partial charge in [-0.25, -0.2) is 0 Å². The van der Waals surface area contributed by atoms with Gasteiger partial charge in [-0.3, -0.25) is 9.59 Å². The molecule has 0 aliphatic rings. The second kappa shape index (κ2) is 7.48. The van der Waals surface area contributed by atoms with Crippen LogP contribution in [0.3, 0.4) is 0 Å². The molecule has 0 aromatic heterocycles. The van der Waals surface area contributed by atoms with E-state index >= 15 is 0 Å². The number of carbonyl (C=O) groups excluding carboxylic acids is 2. The Hall–Kier alpha value is -1.84. The minimum Gasteiger partial charge on any atom is -0.385 e. The topological polar surface area (TPSA) is 58.2 Å². The van der Waals surface area contributed by atoms with E-state index in [9.17, 15) is 9.59 Å². The summed E-state index contributed by atoms with van der Waals surface area (Å²) in [6.45, 7) is 4.89. The Labute approximate surface area is 108 Å². The van der Waals surface area contributed by atoms with Gasteiger partial charge >= 0.3 is 0 Å². The summed E-state index contributed by atoms with van der Waals surface area (Å²) < 4.78 is 0. The van der Waals surface area contributed by atoms with Crippen LogP contribution >= 0.6 is 0 Å².